The molecule has 1 heterocycles. The molecule has 1 amide bonds. The van der Waals surface area contributed by atoms with Crippen molar-refractivity contribution in [3.05, 3.63) is 45.9 Å². The smallest absolute Gasteiger partial charge is 0.268 e. The summed E-state index contributed by atoms with van der Waals surface area (Å²) in [6, 6.07) is 7.96. The highest BCUT2D eigenvalue weighted by molar-refractivity contribution is 6.06. The van der Waals surface area contributed by atoms with Crippen LogP contribution in [0.15, 0.2) is 29.1 Å². The minimum Gasteiger partial charge on any atom is -0.348 e. The van der Waals surface area contributed by atoms with Crippen LogP contribution in [0.4, 0.5) is 0 Å². The van der Waals surface area contributed by atoms with E-state index >= 15 is 0 Å². The van der Waals surface area contributed by atoms with Gasteiger partial charge in [0, 0.05) is 17.0 Å². The molecule has 2 aromatic rings. The third-order valence-corrected chi connectivity index (χ3v) is 4.98. The van der Waals surface area contributed by atoms with E-state index in [1.807, 2.05) is 24.3 Å². The Balaban J connectivity index is 1.96. The number of aromatic nitrogens is 1. The van der Waals surface area contributed by atoms with Gasteiger partial charge in [0.1, 0.15) is 5.69 Å². The number of hydrogen-bond donors (Lipinski definition) is 2. The van der Waals surface area contributed by atoms with Gasteiger partial charge in [-0.3, -0.25) is 9.59 Å². The standard InChI is InChI=1S/C20H26N2O2/c1-2-3-11-17-15-12-7-8-13-16(15)18(22-19(17)23)20(24)21-14-9-5-4-6-10-14/h7-8,12-14H,2-6,9-11H2,1H3,(H,21,24)(H,22,23). The number of hydrogen-bond acceptors (Lipinski definition) is 2. The zero-order chi connectivity index (χ0) is 16.9. The maximum atomic E-state index is 12.7. The molecular weight excluding hydrogens is 300 g/mol. The van der Waals surface area contributed by atoms with Gasteiger partial charge in [-0.25, -0.2) is 0 Å². The van der Waals surface area contributed by atoms with Gasteiger partial charge in [-0.05, 0) is 31.1 Å². The Hall–Kier alpha value is -2.10. The number of carbonyl (C=O) groups excluding carboxylic acids is 1. The molecule has 0 aliphatic heterocycles. The van der Waals surface area contributed by atoms with Gasteiger partial charge in [0.25, 0.3) is 11.5 Å². The number of pyridine rings is 1. The number of benzene rings is 1. The van der Waals surface area contributed by atoms with Gasteiger partial charge in [-0.1, -0.05) is 56.9 Å². The van der Waals surface area contributed by atoms with Gasteiger partial charge in [-0.2, -0.15) is 0 Å². The molecule has 1 fully saturated rings. The van der Waals surface area contributed by atoms with Crippen LogP contribution in [0.2, 0.25) is 0 Å². The molecule has 128 valence electrons. The molecule has 1 aliphatic carbocycles. The minimum absolute atomic E-state index is 0.129. The van der Waals surface area contributed by atoms with E-state index in [2.05, 4.69) is 17.2 Å². The van der Waals surface area contributed by atoms with Crippen molar-refractivity contribution in [1.29, 1.82) is 0 Å². The lowest BCUT2D eigenvalue weighted by Crippen LogP contribution is -2.37. The van der Waals surface area contributed by atoms with E-state index in [9.17, 15) is 9.59 Å². The Morgan fingerprint density at radius 2 is 1.88 bits per heavy atom. The van der Waals surface area contributed by atoms with Crippen molar-refractivity contribution in [3.8, 4) is 0 Å². The maximum Gasteiger partial charge on any atom is 0.268 e. The number of carbonyl (C=O) groups is 1. The van der Waals surface area contributed by atoms with E-state index in [-0.39, 0.29) is 17.5 Å². The maximum absolute atomic E-state index is 12.7. The molecule has 1 aromatic heterocycles. The molecular formula is C20H26N2O2. The van der Waals surface area contributed by atoms with Crippen molar-refractivity contribution in [2.45, 2.75) is 64.3 Å². The van der Waals surface area contributed by atoms with Crippen LogP contribution in [0.1, 0.15) is 67.9 Å². The Labute approximate surface area is 142 Å². The van der Waals surface area contributed by atoms with E-state index in [1.165, 1.54) is 6.42 Å². The summed E-state index contributed by atoms with van der Waals surface area (Å²) in [5, 5.41) is 4.86. The van der Waals surface area contributed by atoms with Gasteiger partial charge in [0.05, 0.1) is 0 Å². The number of aromatic amines is 1. The second-order valence-electron chi connectivity index (χ2n) is 6.77. The Morgan fingerprint density at radius 3 is 2.58 bits per heavy atom. The molecule has 0 spiro atoms. The summed E-state index contributed by atoms with van der Waals surface area (Å²) in [5.74, 6) is -0.155. The van der Waals surface area contributed by atoms with E-state index in [4.69, 9.17) is 0 Å². The van der Waals surface area contributed by atoms with E-state index in [0.717, 1.165) is 61.3 Å². The molecule has 0 saturated heterocycles. The zero-order valence-corrected chi connectivity index (χ0v) is 14.4. The van der Waals surface area contributed by atoms with Crippen LogP contribution < -0.4 is 10.9 Å². The summed E-state index contributed by atoms with van der Waals surface area (Å²) in [5.41, 5.74) is 1.07. The van der Waals surface area contributed by atoms with Crippen LogP contribution in [0, 0.1) is 0 Å². The molecule has 0 radical (unpaired) electrons. The van der Waals surface area contributed by atoms with Gasteiger partial charge in [0.15, 0.2) is 0 Å². The zero-order valence-electron chi connectivity index (χ0n) is 14.4. The first kappa shape index (κ1) is 16.7. The van der Waals surface area contributed by atoms with Gasteiger partial charge < -0.3 is 10.3 Å². The largest absolute Gasteiger partial charge is 0.348 e. The Morgan fingerprint density at radius 1 is 1.17 bits per heavy atom. The van der Waals surface area contributed by atoms with Crippen molar-refractivity contribution in [2.24, 2.45) is 0 Å². The predicted octanol–water partition coefficient (Wildman–Crippen LogP) is 3.93. The first-order chi connectivity index (χ1) is 11.7. The van der Waals surface area contributed by atoms with E-state index in [0.29, 0.717) is 5.69 Å². The number of fused-ring (bicyclic) bond motifs is 1. The summed E-state index contributed by atoms with van der Waals surface area (Å²) in [7, 11) is 0. The van der Waals surface area contributed by atoms with E-state index in [1.54, 1.807) is 0 Å². The summed E-state index contributed by atoms with van der Waals surface area (Å²) in [6.07, 6.45) is 8.40. The fraction of sp³-hybridized carbons (Fsp3) is 0.500. The summed E-state index contributed by atoms with van der Waals surface area (Å²) in [6.45, 7) is 2.11. The van der Waals surface area contributed by atoms with Crippen LogP contribution in [-0.4, -0.2) is 16.9 Å². The molecule has 0 bridgehead atoms. The predicted molar refractivity (Wildman–Crippen MR) is 97.5 cm³/mol. The van der Waals surface area contributed by atoms with Gasteiger partial charge in [0.2, 0.25) is 0 Å². The number of rotatable bonds is 5. The topological polar surface area (TPSA) is 62.0 Å². The normalized spacial score (nSPS) is 15.5. The first-order valence-electron chi connectivity index (χ1n) is 9.15. The highest BCUT2D eigenvalue weighted by atomic mass is 16.2. The van der Waals surface area contributed by atoms with Gasteiger partial charge in [-0.15, -0.1) is 0 Å². The van der Waals surface area contributed by atoms with Crippen molar-refractivity contribution >= 4 is 16.7 Å². The lowest BCUT2D eigenvalue weighted by atomic mass is 9.95. The molecule has 4 heteroatoms. The number of H-pyrrole nitrogens is 1. The molecule has 24 heavy (non-hydrogen) atoms. The third kappa shape index (κ3) is 3.53. The number of amides is 1. The van der Waals surface area contributed by atoms with Crippen LogP contribution in [0.25, 0.3) is 10.8 Å². The quantitative estimate of drug-likeness (QED) is 0.874. The highest BCUT2D eigenvalue weighted by Crippen LogP contribution is 2.22. The van der Waals surface area contributed by atoms with Crippen LogP contribution >= 0.6 is 0 Å². The van der Waals surface area contributed by atoms with Crippen molar-refractivity contribution in [3.63, 3.8) is 0 Å². The van der Waals surface area contributed by atoms with Crippen molar-refractivity contribution < 1.29 is 4.79 Å². The van der Waals surface area contributed by atoms with Crippen molar-refractivity contribution in [1.82, 2.24) is 10.3 Å². The van der Waals surface area contributed by atoms with Gasteiger partial charge >= 0.3 is 0 Å². The number of unbranched alkanes of at least 4 members (excludes halogenated alkanes) is 1. The third-order valence-electron chi connectivity index (χ3n) is 4.98. The highest BCUT2D eigenvalue weighted by Gasteiger charge is 2.20. The monoisotopic (exact) mass is 326 g/mol. The van der Waals surface area contributed by atoms with Crippen molar-refractivity contribution in [2.75, 3.05) is 0 Å². The van der Waals surface area contributed by atoms with Crippen LogP contribution in [-0.2, 0) is 6.42 Å². The summed E-state index contributed by atoms with van der Waals surface area (Å²) < 4.78 is 0. The molecule has 4 nitrogen and oxygen atoms in total. The molecule has 1 aliphatic rings. The Kier molecular flexibility index (Phi) is 5.34. The van der Waals surface area contributed by atoms with E-state index < -0.39 is 0 Å². The average molecular weight is 326 g/mol. The van der Waals surface area contributed by atoms with Crippen LogP contribution in [0.3, 0.4) is 0 Å². The fourth-order valence-corrected chi connectivity index (χ4v) is 3.63. The fourth-order valence-electron chi connectivity index (χ4n) is 3.63. The molecule has 0 unspecified atom stereocenters. The summed E-state index contributed by atoms with van der Waals surface area (Å²) >= 11 is 0. The summed E-state index contributed by atoms with van der Waals surface area (Å²) in [4.78, 5) is 28.1. The second-order valence-corrected chi connectivity index (χ2v) is 6.77. The molecule has 2 N–H and O–H groups in total. The Bertz CT molecular complexity index is 773. The second kappa shape index (κ2) is 7.65. The average Bonchev–Trinajstić information content (AvgIpc) is 2.61. The lowest BCUT2D eigenvalue weighted by Gasteiger charge is -2.23. The number of aryl methyl sites for hydroxylation is 1. The minimum atomic E-state index is -0.155. The first-order valence-corrected chi connectivity index (χ1v) is 9.15. The number of nitrogens with one attached hydrogen (secondary N) is 2. The SMILES string of the molecule is CCCCc1c(=O)[nH]c(C(=O)NC2CCCCC2)c2ccccc12. The molecule has 1 aromatic carbocycles. The van der Waals surface area contributed by atoms with Crippen LogP contribution in [0.5, 0.6) is 0 Å². The molecule has 1 saturated carbocycles. The lowest BCUT2D eigenvalue weighted by molar-refractivity contribution is 0.0924. The molecule has 3 rings (SSSR count). The molecule has 0 atom stereocenters.